The molecule has 1 aliphatic rings. The molecule has 1 aliphatic heterocycles. The molecule has 0 N–H and O–H groups in total. The van der Waals surface area contributed by atoms with Gasteiger partial charge in [0.2, 0.25) is 9.05 Å². The highest BCUT2D eigenvalue weighted by Crippen LogP contribution is 2.22. The molecule has 0 aromatic carbocycles. The highest BCUT2D eigenvalue weighted by Gasteiger charge is 2.29. The molecule has 1 fully saturated rings. The van der Waals surface area contributed by atoms with Crippen LogP contribution in [0, 0.1) is 0 Å². The predicted octanol–water partition coefficient (Wildman–Crippen LogP) is 1.51. The van der Waals surface area contributed by atoms with Gasteiger partial charge in [-0.2, -0.15) is 0 Å². The third kappa shape index (κ3) is 2.61. The summed E-state index contributed by atoms with van der Waals surface area (Å²) in [5, 5.41) is -0.584. The SMILES string of the molecule is CC(C1CCCCO1)S(=O)(=O)Cl. The monoisotopic (exact) mass is 212 g/mol. The van der Waals surface area contributed by atoms with Crippen LogP contribution in [0.1, 0.15) is 26.2 Å². The van der Waals surface area contributed by atoms with Gasteiger partial charge in [0.15, 0.2) is 0 Å². The molecule has 1 heterocycles. The molecular weight excluding hydrogens is 200 g/mol. The summed E-state index contributed by atoms with van der Waals surface area (Å²) in [6.07, 6.45) is 2.64. The minimum Gasteiger partial charge on any atom is -0.377 e. The zero-order valence-electron chi connectivity index (χ0n) is 6.99. The third-order valence-electron chi connectivity index (χ3n) is 2.18. The lowest BCUT2D eigenvalue weighted by atomic mass is 10.1. The van der Waals surface area contributed by atoms with Crippen LogP contribution in [0.4, 0.5) is 0 Å². The topological polar surface area (TPSA) is 43.4 Å². The number of ether oxygens (including phenoxy) is 1. The first-order chi connectivity index (χ1) is 5.52. The highest BCUT2D eigenvalue weighted by atomic mass is 35.7. The van der Waals surface area contributed by atoms with Crippen LogP contribution in [0.5, 0.6) is 0 Å². The van der Waals surface area contributed by atoms with Crippen molar-refractivity contribution in [3.8, 4) is 0 Å². The molecule has 0 aromatic heterocycles. The lowest BCUT2D eigenvalue weighted by molar-refractivity contribution is 0.0167. The summed E-state index contributed by atoms with van der Waals surface area (Å²) in [7, 11) is 1.75. The van der Waals surface area contributed by atoms with Gasteiger partial charge in [0.1, 0.15) is 0 Å². The Kier molecular flexibility index (Phi) is 3.37. The molecule has 12 heavy (non-hydrogen) atoms. The third-order valence-corrected chi connectivity index (χ3v) is 4.22. The maximum Gasteiger partial charge on any atom is 0.237 e. The van der Waals surface area contributed by atoms with Crippen molar-refractivity contribution in [3.63, 3.8) is 0 Å². The van der Waals surface area contributed by atoms with Gasteiger partial charge in [-0.1, -0.05) is 0 Å². The summed E-state index contributed by atoms with van der Waals surface area (Å²) >= 11 is 0. The fraction of sp³-hybridized carbons (Fsp3) is 1.00. The Morgan fingerprint density at radius 1 is 1.50 bits per heavy atom. The van der Waals surface area contributed by atoms with Gasteiger partial charge in [0.05, 0.1) is 11.4 Å². The van der Waals surface area contributed by atoms with E-state index in [1.54, 1.807) is 6.92 Å². The average molecular weight is 213 g/mol. The van der Waals surface area contributed by atoms with Crippen LogP contribution >= 0.6 is 10.7 Å². The average Bonchev–Trinajstić information content (AvgIpc) is 2.03. The van der Waals surface area contributed by atoms with Gasteiger partial charge in [0, 0.05) is 17.3 Å². The van der Waals surface area contributed by atoms with Gasteiger partial charge < -0.3 is 4.74 Å². The molecule has 0 radical (unpaired) electrons. The fourth-order valence-electron chi connectivity index (χ4n) is 1.32. The zero-order valence-corrected chi connectivity index (χ0v) is 8.57. The first-order valence-electron chi connectivity index (χ1n) is 4.07. The van der Waals surface area contributed by atoms with Crippen LogP contribution in [0.15, 0.2) is 0 Å². The summed E-state index contributed by atoms with van der Waals surface area (Å²) in [4.78, 5) is 0. The van der Waals surface area contributed by atoms with E-state index in [4.69, 9.17) is 15.4 Å². The smallest absolute Gasteiger partial charge is 0.237 e. The van der Waals surface area contributed by atoms with Crippen LogP contribution in [-0.2, 0) is 13.8 Å². The minimum atomic E-state index is -3.46. The van der Waals surface area contributed by atoms with E-state index in [1.807, 2.05) is 0 Å². The minimum absolute atomic E-state index is 0.207. The molecule has 0 aliphatic carbocycles. The van der Waals surface area contributed by atoms with Crippen molar-refractivity contribution >= 4 is 19.7 Å². The summed E-state index contributed by atoms with van der Waals surface area (Å²) in [6, 6.07) is 0. The number of halogens is 1. The molecular formula is C7H13ClO3S. The summed E-state index contributed by atoms with van der Waals surface area (Å²) in [5.74, 6) is 0. The number of hydrogen-bond acceptors (Lipinski definition) is 3. The zero-order chi connectivity index (χ0) is 9.19. The van der Waals surface area contributed by atoms with Crippen molar-refractivity contribution in [1.29, 1.82) is 0 Å². The van der Waals surface area contributed by atoms with Crippen LogP contribution in [-0.4, -0.2) is 26.4 Å². The summed E-state index contributed by atoms with van der Waals surface area (Å²) in [5.41, 5.74) is 0. The van der Waals surface area contributed by atoms with Crippen molar-refractivity contribution < 1.29 is 13.2 Å². The van der Waals surface area contributed by atoms with E-state index >= 15 is 0 Å². The van der Waals surface area contributed by atoms with E-state index in [0.717, 1.165) is 19.3 Å². The van der Waals surface area contributed by atoms with E-state index in [2.05, 4.69) is 0 Å². The molecule has 0 bridgehead atoms. The Labute approximate surface area is 77.5 Å². The molecule has 5 heteroatoms. The summed E-state index contributed by atoms with van der Waals surface area (Å²) < 4.78 is 27.1. The maximum atomic E-state index is 10.9. The summed E-state index contributed by atoms with van der Waals surface area (Å²) in [6.45, 7) is 2.25. The van der Waals surface area contributed by atoms with Crippen LogP contribution in [0.2, 0.25) is 0 Å². The van der Waals surface area contributed by atoms with Crippen molar-refractivity contribution in [3.05, 3.63) is 0 Å². The number of hydrogen-bond donors (Lipinski definition) is 0. The van der Waals surface area contributed by atoms with Gasteiger partial charge in [-0.15, -0.1) is 0 Å². The standard InChI is InChI=1S/C7H13ClO3S/c1-6(12(8,9)10)7-4-2-3-5-11-7/h6-7H,2-5H2,1H3. The van der Waals surface area contributed by atoms with E-state index in [1.165, 1.54) is 0 Å². The van der Waals surface area contributed by atoms with Crippen molar-refractivity contribution in [2.24, 2.45) is 0 Å². The lowest BCUT2D eigenvalue weighted by Crippen LogP contribution is -2.33. The molecule has 0 saturated carbocycles. The van der Waals surface area contributed by atoms with E-state index in [-0.39, 0.29) is 6.10 Å². The molecule has 0 amide bonds. The van der Waals surface area contributed by atoms with Crippen LogP contribution < -0.4 is 0 Å². The normalized spacial score (nSPS) is 28.3. The van der Waals surface area contributed by atoms with Gasteiger partial charge >= 0.3 is 0 Å². The molecule has 1 rings (SSSR count). The number of rotatable bonds is 2. The van der Waals surface area contributed by atoms with Gasteiger partial charge in [-0.05, 0) is 26.2 Å². The van der Waals surface area contributed by atoms with Crippen molar-refractivity contribution in [2.45, 2.75) is 37.5 Å². The first-order valence-corrected chi connectivity index (χ1v) is 6.44. The van der Waals surface area contributed by atoms with Crippen LogP contribution in [0.25, 0.3) is 0 Å². The second kappa shape index (κ2) is 3.94. The van der Waals surface area contributed by atoms with Crippen LogP contribution in [0.3, 0.4) is 0 Å². The predicted molar refractivity (Wildman–Crippen MR) is 47.8 cm³/mol. The highest BCUT2D eigenvalue weighted by molar-refractivity contribution is 8.14. The maximum absolute atomic E-state index is 10.9. The Balaban J connectivity index is 2.57. The Morgan fingerprint density at radius 3 is 2.58 bits per heavy atom. The quantitative estimate of drug-likeness (QED) is 0.652. The molecule has 72 valence electrons. The Morgan fingerprint density at radius 2 is 2.17 bits per heavy atom. The van der Waals surface area contributed by atoms with Gasteiger partial charge in [0.25, 0.3) is 0 Å². The molecule has 0 spiro atoms. The van der Waals surface area contributed by atoms with E-state index in [0.29, 0.717) is 6.61 Å². The Hall–Kier alpha value is 0.200. The molecule has 0 aromatic rings. The second-order valence-corrected chi connectivity index (χ2v) is 6.07. The molecule has 3 nitrogen and oxygen atoms in total. The van der Waals surface area contributed by atoms with E-state index in [9.17, 15) is 8.42 Å². The molecule has 2 unspecified atom stereocenters. The van der Waals surface area contributed by atoms with Crippen molar-refractivity contribution in [1.82, 2.24) is 0 Å². The molecule has 2 atom stereocenters. The lowest BCUT2D eigenvalue weighted by Gasteiger charge is -2.25. The van der Waals surface area contributed by atoms with Crippen molar-refractivity contribution in [2.75, 3.05) is 6.61 Å². The largest absolute Gasteiger partial charge is 0.377 e. The molecule has 1 saturated heterocycles. The fourth-order valence-corrected chi connectivity index (χ4v) is 2.24. The van der Waals surface area contributed by atoms with Gasteiger partial charge in [-0.25, -0.2) is 8.42 Å². The van der Waals surface area contributed by atoms with E-state index < -0.39 is 14.3 Å². The first kappa shape index (κ1) is 10.3. The second-order valence-electron chi connectivity index (χ2n) is 3.09. The van der Waals surface area contributed by atoms with Gasteiger partial charge in [-0.3, -0.25) is 0 Å². The Bertz CT molecular complexity index is 231.